The molecule has 26 heavy (non-hydrogen) atoms. The van der Waals surface area contributed by atoms with Gasteiger partial charge in [0.05, 0.1) is 27.2 Å². The molecular weight excluding hydrogens is 352 g/mol. The Bertz CT molecular complexity index is 963. The largest absolute Gasteiger partial charge is 0.480 e. The number of carbonyl (C=O) groups is 2. The van der Waals surface area contributed by atoms with Crippen molar-refractivity contribution >= 4 is 34.2 Å². The van der Waals surface area contributed by atoms with E-state index >= 15 is 0 Å². The molecule has 2 N–H and O–H groups in total. The maximum absolute atomic E-state index is 12.9. The summed E-state index contributed by atoms with van der Waals surface area (Å²) in [5.74, 6) is -1.46. The molecule has 136 valence electrons. The Hall–Kier alpha value is -2.74. The average Bonchev–Trinajstić information content (AvgIpc) is 3.22. The molecule has 0 aromatic carbocycles. The Morgan fingerprint density at radius 2 is 2.19 bits per heavy atom. The fourth-order valence-electron chi connectivity index (χ4n) is 2.96. The number of hydrogen-bond acceptors (Lipinski definition) is 5. The van der Waals surface area contributed by atoms with Crippen LogP contribution in [0.3, 0.4) is 0 Å². The Kier molecular flexibility index (Phi) is 5.03. The minimum Gasteiger partial charge on any atom is -0.480 e. The second-order valence-electron chi connectivity index (χ2n) is 6.09. The molecule has 3 aromatic heterocycles. The Balaban J connectivity index is 2.11. The van der Waals surface area contributed by atoms with E-state index in [4.69, 9.17) is 0 Å². The molecule has 0 bridgehead atoms. The molecule has 0 radical (unpaired) electrons. The Labute approximate surface area is 154 Å². The lowest BCUT2D eigenvalue weighted by molar-refractivity contribution is -0.139. The summed E-state index contributed by atoms with van der Waals surface area (Å²) in [6.07, 6.45) is 1.04. The van der Waals surface area contributed by atoms with Gasteiger partial charge in [0.1, 0.15) is 6.04 Å². The third kappa shape index (κ3) is 3.32. The summed E-state index contributed by atoms with van der Waals surface area (Å²) in [7, 11) is 1.78. The standard InChI is InChI=1S/C18H20N4O3S/c1-4-6-12(18(24)25)20-17(23)11-9-13(14-7-5-8-26-14)19-16-15(11)10(2)21-22(16)3/h5,7-9,12H,4,6H2,1-3H3,(H,20,23)(H,24,25). The van der Waals surface area contributed by atoms with Gasteiger partial charge in [0.2, 0.25) is 0 Å². The van der Waals surface area contributed by atoms with Crippen LogP contribution in [0.2, 0.25) is 0 Å². The Morgan fingerprint density at radius 1 is 1.42 bits per heavy atom. The first-order valence-corrected chi connectivity index (χ1v) is 9.22. The van der Waals surface area contributed by atoms with Crippen molar-refractivity contribution in [3.63, 3.8) is 0 Å². The van der Waals surface area contributed by atoms with Crippen LogP contribution in [-0.4, -0.2) is 37.8 Å². The average molecular weight is 372 g/mol. The third-order valence-corrected chi connectivity index (χ3v) is 5.06. The number of fused-ring (bicyclic) bond motifs is 1. The van der Waals surface area contributed by atoms with Crippen molar-refractivity contribution in [2.75, 3.05) is 0 Å². The van der Waals surface area contributed by atoms with E-state index in [1.807, 2.05) is 31.4 Å². The summed E-state index contributed by atoms with van der Waals surface area (Å²) in [4.78, 5) is 29.9. The number of nitrogens with zero attached hydrogens (tertiary/aromatic N) is 3. The smallest absolute Gasteiger partial charge is 0.326 e. The topological polar surface area (TPSA) is 97.1 Å². The number of aliphatic carboxylic acids is 1. The van der Waals surface area contributed by atoms with E-state index in [9.17, 15) is 14.7 Å². The summed E-state index contributed by atoms with van der Waals surface area (Å²) >= 11 is 1.53. The monoisotopic (exact) mass is 372 g/mol. The minimum absolute atomic E-state index is 0.374. The van der Waals surface area contributed by atoms with Crippen LogP contribution in [0.4, 0.5) is 0 Å². The number of carboxylic acids is 1. The number of aryl methyl sites for hydroxylation is 2. The van der Waals surface area contributed by atoms with Crippen LogP contribution >= 0.6 is 11.3 Å². The van der Waals surface area contributed by atoms with E-state index in [1.165, 1.54) is 11.3 Å². The molecule has 1 atom stereocenters. The lowest BCUT2D eigenvalue weighted by Crippen LogP contribution is -2.40. The van der Waals surface area contributed by atoms with Gasteiger partial charge in [0, 0.05) is 7.05 Å². The second kappa shape index (κ2) is 7.25. The van der Waals surface area contributed by atoms with Crippen molar-refractivity contribution in [3.05, 3.63) is 34.8 Å². The van der Waals surface area contributed by atoms with Crippen molar-refractivity contribution in [1.29, 1.82) is 0 Å². The number of carboxylic acid groups (broad SMARTS) is 1. The van der Waals surface area contributed by atoms with Gasteiger partial charge < -0.3 is 10.4 Å². The number of hydrogen-bond donors (Lipinski definition) is 2. The van der Waals surface area contributed by atoms with Crippen LogP contribution in [0.1, 0.15) is 35.8 Å². The lowest BCUT2D eigenvalue weighted by Gasteiger charge is -2.14. The number of rotatable bonds is 6. The minimum atomic E-state index is -1.04. The van der Waals surface area contributed by atoms with Crippen molar-refractivity contribution in [2.24, 2.45) is 7.05 Å². The molecule has 0 aliphatic rings. The number of amides is 1. The van der Waals surface area contributed by atoms with Crippen molar-refractivity contribution in [1.82, 2.24) is 20.1 Å². The zero-order chi connectivity index (χ0) is 18.8. The molecule has 0 spiro atoms. The van der Waals surface area contributed by atoms with Gasteiger partial charge in [-0.1, -0.05) is 19.4 Å². The van der Waals surface area contributed by atoms with E-state index in [1.54, 1.807) is 17.8 Å². The highest BCUT2D eigenvalue weighted by atomic mass is 32.1. The van der Waals surface area contributed by atoms with Crippen LogP contribution < -0.4 is 5.32 Å². The highest BCUT2D eigenvalue weighted by Gasteiger charge is 2.24. The van der Waals surface area contributed by atoms with Gasteiger partial charge in [-0.25, -0.2) is 9.78 Å². The predicted molar refractivity (Wildman–Crippen MR) is 100 cm³/mol. The van der Waals surface area contributed by atoms with E-state index in [2.05, 4.69) is 15.4 Å². The van der Waals surface area contributed by atoms with Crippen LogP contribution in [0.15, 0.2) is 23.6 Å². The molecule has 0 aliphatic heterocycles. The zero-order valence-electron chi connectivity index (χ0n) is 14.8. The summed E-state index contributed by atoms with van der Waals surface area (Å²) in [5, 5.41) is 18.9. The second-order valence-corrected chi connectivity index (χ2v) is 7.04. The molecule has 0 aliphatic carbocycles. The highest BCUT2D eigenvalue weighted by molar-refractivity contribution is 7.13. The number of aromatic nitrogens is 3. The fraction of sp³-hybridized carbons (Fsp3) is 0.333. The summed E-state index contributed by atoms with van der Waals surface area (Å²) in [6.45, 7) is 3.69. The molecule has 3 rings (SSSR count). The van der Waals surface area contributed by atoms with E-state index in [0.29, 0.717) is 40.8 Å². The van der Waals surface area contributed by atoms with Crippen LogP contribution in [0.25, 0.3) is 21.6 Å². The molecule has 3 heterocycles. The first-order valence-electron chi connectivity index (χ1n) is 8.34. The molecule has 0 saturated heterocycles. The molecule has 0 fully saturated rings. The molecule has 1 unspecified atom stereocenters. The summed E-state index contributed by atoms with van der Waals surface area (Å²) in [5.41, 5.74) is 2.34. The number of nitrogens with one attached hydrogen (secondary N) is 1. The lowest BCUT2D eigenvalue weighted by atomic mass is 10.1. The predicted octanol–water partition coefficient (Wildman–Crippen LogP) is 2.99. The first kappa shape index (κ1) is 18.1. The molecule has 8 heteroatoms. The van der Waals surface area contributed by atoms with Crippen LogP contribution in [0, 0.1) is 6.92 Å². The van der Waals surface area contributed by atoms with Gasteiger partial charge in [0.25, 0.3) is 5.91 Å². The van der Waals surface area contributed by atoms with E-state index in [-0.39, 0.29) is 0 Å². The van der Waals surface area contributed by atoms with Crippen molar-refractivity contribution < 1.29 is 14.7 Å². The molecule has 1 amide bonds. The highest BCUT2D eigenvalue weighted by Crippen LogP contribution is 2.29. The number of thiophene rings is 1. The van der Waals surface area contributed by atoms with Crippen LogP contribution in [0.5, 0.6) is 0 Å². The van der Waals surface area contributed by atoms with Gasteiger partial charge in [-0.2, -0.15) is 5.10 Å². The normalized spacial score (nSPS) is 12.3. The maximum Gasteiger partial charge on any atom is 0.326 e. The van der Waals surface area contributed by atoms with Gasteiger partial charge in [-0.3, -0.25) is 9.48 Å². The van der Waals surface area contributed by atoms with Crippen molar-refractivity contribution in [2.45, 2.75) is 32.7 Å². The van der Waals surface area contributed by atoms with Gasteiger partial charge in [0.15, 0.2) is 5.65 Å². The van der Waals surface area contributed by atoms with Gasteiger partial charge in [-0.15, -0.1) is 11.3 Å². The summed E-state index contributed by atoms with van der Waals surface area (Å²) < 4.78 is 1.64. The third-order valence-electron chi connectivity index (χ3n) is 4.17. The van der Waals surface area contributed by atoms with E-state index < -0.39 is 17.9 Å². The molecular formula is C18H20N4O3S. The quantitative estimate of drug-likeness (QED) is 0.693. The maximum atomic E-state index is 12.9. The Morgan fingerprint density at radius 3 is 2.81 bits per heavy atom. The van der Waals surface area contributed by atoms with Gasteiger partial charge in [-0.05, 0) is 30.9 Å². The summed E-state index contributed by atoms with van der Waals surface area (Å²) in [6, 6.07) is 4.64. The molecule has 0 saturated carbocycles. The van der Waals surface area contributed by atoms with E-state index in [0.717, 1.165) is 4.88 Å². The molecule has 3 aromatic rings. The van der Waals surface area contributed by atoms with Gasteiger partial charge >= 0.3 is 5.97 Å². The fourth-order valence-corrected chi connectivity index (χ4v) is 3.64. The first-order chi connectivity index (χ1) is 12.4. The zero-order valence-corrected chi connectivity index (χ0v) is 15.6. The number of pyridine rings is 1. The number of carbonyl (C=O) groups excluding carboxylic acids is 1. The molecule has 7 nitrogen and oxygen atoms in total. The van der Waals surface area contributed by atoms with Crippen LogP contribution in [-0.2, 0) is 11.8 Å². The SMILES string of the molecule is CCCC(NC(=O)c1cc(-c2cccs2)nc2c1c(C)nn2C)C(=O)O. The van der Waals surface area contributed by atoms with Crippen molar-refractivity contribution in [3.8, 4) is 10.6 Å².